The topological polar surface area (TPSA) is 56.4 Å². The summed E-state index contributed by atoms with van der Waals surface area (Å²) in [6.45, 7) is 2.07. The van der Waals surface area contributed by atoms with Crippen molar-refractivity contribution in [1.29, 1.82) is 0 Å². The van der Waals surface area contributed by atoms with E-state index in [1.165, 1.54) is 5.56 Å². The number of rotatable bonds is 6. The van der Waals surface area contributed by atoms with E-state index in [9.17, 15) is 0 Å². The molecular weight excluding hydrogens is 316 g/mol. The molecule has 0 bridgehead atoms. The van der Waals surface area contributed by atoms with E-state index in [0.29, 0.717) is 23.7 Å². The molecule has 0 aliphatic rings. The molecule has 130 valence electrons. The Labute approximate surface area is 147 Å². The number of aromatic amines is 1. The van der Waals surface area contributed by atoms with Crippen LogP contribution in [0.1, 0.15) is 16.8 Å². The number of hydrogen-bond acceptors (Lipinski definition) is 4. The zero-order valence-corrected chi connectivity index (χ0v) is 14.9. The number of H-pyrrole nitrogens is 1. The molecule has 0 spiro atoms. The lowest BCUT2D eigenvalue weighted by molar-refractivity contribution is 0.324. The van der Waals surface area contributed by atoms with E-state index >= 15 is 0 Å². The summed E-state index contributed by atoms with van der Waals surface area (Å²) in [5.41, 5.74) is 4.37. The van der Waals surface area contributed by atoms with Crippen molar-refractivity contribution in [2.24, 2.45) is 0 Å². The van der Waals surface area contributed by atoms with Crippen LogP contribution in [0.15, 0.2) is 42.6 Å². The summed E-state index contributed by atoms with van der Waals surface area (Å²) < 4.78 is 16.2. The fourth-order valence-corrected chi connectivity index (χ4v) is 2.76. The standard InChI is InChI=1S/C20H22N2O3/c1-13-5-7-15(8-6-13)20-21-12-16(22-20)9-14-10-17(23-2)19(25-4)18(11-14)24-3/h5-8,10-12H,9H2,1-4H3,(H,21,22). The third kappa shape index (κ3) is 3.60. The summed E-state index contributed by atoms with van der Waals surface area (Å²) in [5.74, 6) is 2.76. The zero-order valence-electron chi connectivity index (χ0n) is 14.9. The first-order valence-electron chi connectivity index (χ1n) is 8.04. The molecule has 0 atom stereocenters. The van der Waals surface area contributed by atoms with Gasteiger partial charge in [-0.05, 0) is 24.6 Å². The molecule has 3 rings (SSSR count). The molecule has 0 aliphatic heterocycles. The van der Waals surface area contributed by atoms with Crippen molar-refractivity contribution in [2.75, 3.05) is 21.3 Å². The number of methoxy groups -OCH3 is 3. The molecule has 1 aromatic heterocycles. The minimum atomic E-state index is 0.596. The van der Waals surface area contributed by atoms with Crippen molar-refractivity contribution in [2.45, 2.75) is 13.3 Å². The predicted octanol–water partition coefficient (Wildman–Crippen LogP) is 4.00. The molecule has 2 aromatic carbocycles. The smallest absolute Gasteiger partial charge is 0.203 e. The maximum absolute atomic E-state index is 5.41. The highest BCUT2D eigenvalue weighted by atomic mass is 16.5. The Bertz CT molecular complexity index is 829. The highest BCUT2D eigenvalue weighted by molar-refractivity contribution is 5.57. The van der Waals surface area contributed by atoms with Crippen molar-refractivity contribution in [3.8, 4) is 28.6 Å². The summed E-state index contributed by atoms with van der Waals surface area (Å²) >= 11 is 0. The van der Waals surface area contributed by atoms with E-state index in [0.717, 1.165) is 22.6 Å². The lowest BCUT2D eigenvalue weighted by atomic mass is 10.1. The van der Waals surface area contributed by atoms with Gasteiger partial charge in [0, 0.05) is 23.9 Å². The average molecular weight is 338 g/mol. The maximum Gasteiger partial charge on any atom is 0.203 e. The minimum absolute atomic E-state index is 0.596. The van der Waals surface area contributed by atoms with Crippen molar-refractivity contribution in [3.05, 3.63) is 59.4 Å². The second-order valence-corrected chi connectivity index (χ2v) is 5.83. The number of nitrogens with zero attached hydrogens (tertiary/aromatic N) is 1. The van der Waals surface area contributed by atoms with E-state index in [2.05, 4.69) is 41.2 Å². The Morgan fingerprint density at radius 1 is 0.920 bits per heavy atom. The quantitative estimate of drug-likeness (QED) is 0.738. The average Bonchev–Trinajstić information content (AvgIpc) is 3.09. The monoisotopic (exact) mass is 338 g/mol. The van der Waals surface area contributed by atoms with Gasteiger partial charge in [0.05, 0.1) is 21.3 Å². The normalized spacial score (nSPS) is 10.6. The van der Waals surface area contributed by atoms with Gasteiger partial charge >= 0.3 is 0 Å². The van der Waals surface area contributed by atoms with Gasteiger partial charge in [-0.25, -0.2) is 4.98 Å². The van der Waals surface area contributed by atoms with Crippen LogP contribution in [0, 0.1) is 6.92 Å². The molecule has 0 saturated carbocycles. The molecule has 1 heterocycles. The maximum atomic E-state index is 5.41. The van der Waals surface area contributed by atoms with Crippen LogP contribution in [0.5, 0.6) is 17.2 Å². The molecule has 0 radical (unpaired) electrons. The number of aryl methyl sites for hydroxylation is 1. The lowest BCUT2D eigenvalue weighted by Gasteiger charge is -2.13. The summed E-state index contributed by atoms with van der Waals surface area (Å²) in [7, 11) is 4.84. The molecule has 5 nitrogen and oxygen atoms in total. The molecular formula is C20H22N2O3. The minimum Gasteiger partial charge on any atom is -0.493 e. The number of ether oxygens (including phenoxy) is 3. The van der Waals surface area contributed by atoms with Crippen LogP contribution >= 0.6 is 0 Å². The van der Waals surface area contributed by atoms with Crippen LogP contribution in [-0.4, -0.2) is 31.3 Å². The molecule has 0 aliphatic carbocycles. The van der Waals surface area contributed by atoms with Gasteiger partial charge in [-0.3, -0.25) is 0 Å². The third-order valence-corrected chi connectivity index (χ3v) is 4.07. The van der Waals surface area contributed by atoms with E-state index in [1.54, 1.807) is 21.3 Å². The van der Waals surface area contributed by atoms with Gasteiger partial charge in [0.2, 0.25) is 5.75 Å². The zero-order chi connectivity index (χ0) is 17.8. The summed E-state index contributed by atoms with van der Waals surface area (Å²) in [4.78, 5) is 7.87. The molecule has 0 saturated heterocycles. The van der Waals surface area contributed by atoms with Crippen LogP contribution in [0.25, 0.3) is 11.4 Å². The SMILES string of the molecule is COc1cc(Cc2cnc(-c3ccc(C)cc3)[nH]2)cc(OC)c1OC. The van der Waals surface area contributed by atoms with Crippen LogP contribution in [0.2, 0.25) is 0 Å². The van der Waals surface area contributed by atoms with Gasteiger partial charge in [-0.15, -0.1) is 0 Å². The Balaban J connectivity index is 1.86. The highest BCUT2D eigenvalue weighted by Crippen LogP contribution is 2.38. The first-order chi connectivity index (χ1) is 12.1. The third-order valence-electron chi connectivity index (χ3n) is 4.07. The Morgan fingerprint density at radius 2 is 1.56 bits per heavy atom. The number of imidazole rings is 1. The van der Waals surface area contributed by atoms with E-state index in [-0.39, 0.29) is 0 Å². The summed E-state index contributed by atoms with van der Waals surface area (Å²) in [5, 5.41) is 0. The van der Waals surface area contributed by atoms with Crippen LogP contribution in [-0.2, 0) is 6.42 Å². The van der Waals surface area contributed by atoms with Gasteiger partial charge in [-0.2, -0.15) is 0 Å². The number of nitrogens with one attached hydrogen (secondary N) is 1. The molecule has 25 heavy (non-hydrogen) atoms. The highest BCUT2D eigenvalue weighted by Gasteiger charge is 2.14. The molecule has 0 amide bonds. The molecule has 0 unspecified atom stereocenters. The van der Waals surface area contributed by atoms with Gasteiger partial charge in [0.15, 0.2) is 11.5 Å². The van der Waals surface area contributed by atoms with E-state index in [1.807, 2.05) is 18.3 Å². The predicted molar refractivity (Wildman–Crippen MR) is 97.7 cm³/mol. The van der Waals surface area contributed by atoms with Crippen LogP contribution in [0.4, 0.5) is 0 Å². The van der Waals surface area contributed by atoms with Gasteiger partial charge in [0.1, 0.15) is 5.82 Å². The van der Waals surface area contributed by atoms with Crippen LogP contribution < -0.4 is 14.2 Å². The second kappa shape index (κ2) is 7.30. The fraction of sp³-hybridized carbons (Fsp3) is 0.250. The van der Waals surface area contributed by atoms with Crippen molar-refractivity contribution in [1.82, 2.24) is 9.97 Å². The number of aromatic nitrogens is 2. The van der Waals surface area contributed by atoms with E-state index < -0.39 is 0 Å². The van der Waals surface area contributed by atoms with Crippen molar-refractivity contribution < 1.29 is 14.2 Å². The molecule has 1 N–H and O–H groups in total. The number of hydrogen-bond donors (Lipinski definition) is 1. The Kier molecular flexibility index (Phi) is 4.93. The first kappa shape index (κ1) is 16.9. The summed E-state index contributed by atoms with van der Waals surface area (Å²) in [6.07, 6.45) is 2.55. The Morgan fingerprint density at radius 3 is 2.12 bits per heavy atom. The van der Waals surface area contributed by atoms with Crippen LogP contribution in [0.3, 0.4) is 0 Å². The van der Waals surface area contributed by atoms with Crippen molar-refractivity contribution >= 4 is 0 Å². The van der Waals surface area contributed by atoms with Crippen molar-refractivity contribution in [3.63, 3.8) is 0 Å². The van der Waals surface area contributed by atoms with Gasteiger partial charge in [-0.1, -0.05) is 29.8 Å². The van der Waals surface area contributed by atoms with Gasteiger partial charge < -0.3 is 19.2 Å². The second-order valence-electron chi connectivity index (χ2n) is 5.83. The lowest BCUT2D eigenvalue weighted by Crippen LogP contribution is -1.98. The largest absolute Gasteiger partial charge is 0.493 e. The fourth-order valence-electron chi connectivity index (χ4n) is 2.76. The molecule has 3 aromatic rings. The molecule has 5 heteroatoms. The number of benzene rings is 2. The molecule has 0 fully saturated rings. The first-order valence-corrected chi connectivity index (χ1v) is 8.04. The Hall–Kier alpha value is -2.95. The summed E-state index contributed by atoms with van der Waals surface area (Å²) in [6, 6.07) is 12.2. The van der Waals surface area contributed by atoms with Gasteiger partial charge in [0.25, 0.3) is 0 Å². The van der Waals surface area contributed by atoms with E-state index in [4.69, 9.17) is 14.2 Å².